The Morgan fingerprint density at radius 3 is 2.00 bits per heavy atom. The van der Waals surface area contributed by atoms with E-state index in [4.69, 9.17) is 14.2 Å². The number of fused-ring (bicyclic) bond motifs is 3. The largest absolute Gasteiger partial charge is 0.326 e. The Kier molecular flexibility index (Phi) is 3.06. The summed E-state index contributed by atoms with van der Waals surface area (Å²) in [6.45, 7) is 8.75. The topological polar surface area (TPSA) is 27.7 Å². The van der Waals surface area contributed by atoms with Crippen LogP contribution in [-0.4, -0.2) is 25.8 Å². The van der Waals surface area contributed by atoms with Gasteiger partial charge in [0.05, 0.1) is 19.8 Å². The summed E-state index contributed by atoms with van der Waals surface area (Å²) in [4.78, 5) is 0. The van der Waals surface area contributed by atoms with Gasteiger partial charge in [0.1, 0.15) is 0 Å². The van der Waals surface area contributed by atoms with E-state index in [-0.39, 0.29) is 11.3 Å². The second kappa shape index (κ2) is 4.04. The molecule has 0 spiro atoms. The molecule has 3 aliphatic heterocycles. The van der Waals surface area contributed by atoms with Crippen LogP contribution in [0.1, 0.15) is 40.0 Å². The smallest absolute Gasteiger partial charge is 0.285 e. The van der Waals surface area contributed by atoms with Crippen LogP contribution in [0.3, 0.4) is 0 Å². The van der Waals surface area contributed by atoms with Crippen LogP contribution in [-0.2, 0) is 14.2 Å². The van der Waals surface area contributed by atoms with Gasteiger partial charge < -0.3 is 14.2 Å². The molecule has 3 rings (SSSR count). The molecule has 0 aromatic heterocycles. The molecular formula is C12H22O3. The second-order valence-corrected chi connectivity index (χ2v) is 5.23. The van der Waals surface area contributed by atoms with Crippen LogP contribution in [0.5, 0.6) is 0 Å². The fraction of sp³-hybridized carbons (Fsp3) is 1.00. The van der Waals surface area contributed by atoms with Gasteiger partial charge in [-0.05, 0) is 6.42 Å². The van der Waals surface area contributed by atoms with Gasteiger partial charge in [-0.2, -0.15) is 0 Å². The fourth-order valence-corrected chi connectivity index (χ4v) is 2.28. The molecule has 0 amide bonds. The van der Waals surface area contributed by atoms with Crippen LogP contribution >= 0.6 is 0 Å². The van der Waals surface area contributed by atoms with E-state index in [0.29, 0.717) is 0 Å². The van der Waals surface area contributed by atoms with E-state index in [1.54, 1.807) is 0 Å². The molecule has 0 saturated carbocycles. The van der Waals surface area contributed by atoms with Crippen LogP contribution in [0.15, 0.2) is 0 Å². The zero-order valence-corrected chi connectivity index (χ0v) is 10.0. The lowest BCUT2D eigenvalue weighted by Gasteiger charge is -2.53. The van der Waals surface area contributed by atoms with Gasteiger partial charge in [-0.15, -0.1) is 0 Å². The fourth-order valence-electron chi connectivity index (χ4n) is 2.28. The molecule has 0 aromatic carbocycles. The third-order valence-electron chi connectivity index (χ3n) is 3.51. The standard InChI is InChI=1S/C12H22O3/c1-4-5-6-11-7-13-12(10(2)3,14-8-11)15-9-11/h10H,4-9H2,1-3H3. The minimum Gasteiger partial charge on any atom is -0.326 e. The lowest BCUT2D eigenvalue weighted by Crippen LogP contribution is -2.62. The Bertz CT molecular complexity index is 200. The number of hydrogen-bond acceptors (Lipinski definition) is 3. The summed E-state index contributed by atoms with van der Waals surface area (Å²) in [5, 5.41) is 0. The lowest BCUT2D eigenvalue weighted by atomic mass is 9.83. The minimum absolute atomic E-state index is 0.132. The van der Waals surface area contributed by atoms with E-state index >= 15 is 0 Å². The van der Waals surface area contributed by atoms with Gasteiger partial charge in [0, 0.05) is 11.3 Å². The molecule has 3 aliphatic rings. The number of rotatable bonds is 4. The number of ether oxygens (including phenoxy) is 3. The van der Waals surface area contributed by atoms with E-state index in [9.17, 15) is 0 Å². The summed E-state index contributed by atoms with van der Waals surface area (Å²) in [5.41, 5.74) is 0.132. The van der Waals surface area contributed by atoms with Crippen molar-refractivity contribution in [1.82, 2.24) is 0 Å². The third-order valence-corrected chi connectivity index (χ3v) is 3.51. The van der Waals surface area contributed by atoms with Crippen molar-refractivity contribution >= 4 is 0 Å². The normalized spacial score (nSPS) is 40.0. The molecular weight excluding hydrogens is 192 g/mol. The van der Waals surface area contributed by atoms with E-state index in [1.807, 2.05) is 0 Å². The Morgan fingerprint density at radius 2 is 1.60 bits per heavy atom. The first kappa shape index (κ1) is 11.4. The van der Waals surface area contributed by atoms with Gasteiger partial charge in [-0.3, -0.25) is 0 Å². The van der Waals surface area contributed by atoms with Crippen LogP contribution in [0.4, 0.5) is 0 Å². The predicted octanol–water partition coefficient (Wildman–Crippen LogP) is 2.55. The molecule has 3 heteroatoms. The maximum absolute atomic E-state index is 5.78. The molecule has 3 saturated heterocycles. The summed E-state index contributed by atoms with van der Waals surface area (Å²) < 4.78 is 17.3. The molecule has 0 aliphatic carbocycles. The predicted molar refractivity (Wildman–Crippen MR) is 57.4 cm³/mol. The summed E-state index contributed by atoms with van der Waals surface area (Å²) in [5.74, 6) is -0.490. The molecule has 3 heterocycles. The Hall–Kier alpha value is -0.120. The molecule has 2 bridgehead atoms. The van der Waals surface area contributed by atoms with Gasteiger partial charge in [0.15, 0.2) is 0 Å². The van der Waals surface area contributed by atoms with E-state index in [2.05, 4.69) is 20.8 Å². The molecule has 0 atom stereocenters. The Morgan fingerprint density at radius 1 is 1.07 bits per heavy atom. The van der Waals surface area contributed by atoms with Crippen molar-refractivity contribution in [3.8, 4) is 0 Å². The summed E-state index contributed by atoms with van der Waals surface area (Å²) in [6, 6.07) is 0. The Balaban J connectivity index is 1.98. The molecule has 0 aromatic rings. The van der Waals surface area contributed by atoms with Gasteiger partial charge in [0.2, 0.25) is 0 Å². The summed E-state index contributed by atoms with van der Waals surface area (Å²) in [6.07, 6.45) is 3.60. The summed E-state index contributed by atoms with van der Waals surface area (Å²) >= 11 is 0. The molecule has 88 valence electrons. The zero-order valence-electron chi connectivity index (χ0n) is 10.0. The van der Waals surface area contributed by atoms with Crippen molar-refractivity contribution < 1.29 is 14.2 Å². The maximum Gasteiger partial charge on any atom is 0.285 e. The first-order chi connectivity index (χ1) is 7.13. The molecule has 0 unspecified atom stereocenters. The van der Waals surface area contributed by atoms with Crippen molar-refractivity contribution in [2.24, 2.45) is 11.3 Å². The second-order valence-electron chi connectivity index (χ2n) is 5.23. The highest BCUT2D eigenvalue weighted by atomic mass is 16.9. The number of hydrogen-bond donors (Lipinski definition) is 0. The quantitative estimate of drug-likeness (QED) is 0.719. The number of unbranched alkanes of at least 4 members (excludes halogenated alkanes) is 1. The van der Waals surface area contributed by atoms with Crippen molar-refractivity contribution in [3.63, 3.8) is 0 Å². The zero-order chi connectivity index (χ0) is 10.9. The first-order valence-corrected chi connectivity index (χ1v) is 6.04. The highest BCUT2D eigenvalue weighted by molar-refractivity contribution is 4.89. The lowest BCUT2D eigenvalue weighted by molar-refractivity contribution is -0.483. The molecule has 15 heavy (non-hydrogen) atoms. The van der Waals surface area contributed by atoms with Crippen molar-refractivity contribution in [2.45, 2.75) is 46.0 Å². The molecule has 3 fully saturated rings. The van der Waals surface area contributed by atoms with Crippen molar-refractivity contribution in [1.29, 1.82) is 0 Å². The van der Waals surface area contributed by atoms with E-state index in [1.165, 1.54) is 12.8 Å². The van der Waals surface area contributed by atoms with Crippen LogP contribution < -0.4 is 0 Å². The SMILES string of the molecule is CCCCC12COC(C(C)C)(OC1)OC2. The van der Waals surface area contributed by atoms with Crippen LogP contribution in [0, 0.1) is 11.3 Å². The van der Waals surface area contributed by atoms with Gasteiger partial charge in [-0.1, -0.05) is 33.6 Å². The average molecular weight is 214 g/mol. The highest BCUT2D eigenvalue weighted by Gasteiger charge is 2.53. The van der Waals surface area contributed by atoms with Gasteiger partial charge >= 0.3 is 0 Å². The Labute approximate surface area is 92.1 Å². The van der Waals surface area contributed by atoms with Crippen molar-refractivity contribution in [2.75, 3.05) is 19.8 Å². The van der Waals surface area contributed by atoms with Crippen LogP contribution in [0.2, 0.25) is 0 Å². The maximum atomic E-state index is 5.78. The van der Waals surface area contributed by atoms with E-state index in [0.717, 1.165) is 26.2 Å². The van der Waals surface area contributed by atoms with Gasteiger partial charge in [-0.25, -0.2) is 0 Å². The third kappa shape index (κ3) is 1.93. The van der Waals surface area contributed by atoms with Crippen LogP contribution in [0.25, 0.3) is 0 Å². The first-order valence-electron chi connectivity index (χ1n) is 6.04. The molecule has 3 nitrogen and oxygen atoms in total. The van der Waals surface area contributed by atoms with Gasteiger partial charge in [0.25, 0.3) is 5.97 Å². The highest BCUT2D eigenvalue weighted by Crippen LogP contribution is 2.44. The average Bonchev–Trinajstić information content (AvgIpc) is 2.29. The molecule has 0 radical (unpaired) electrons. The monoisotopic (exact) mass is 214 g/mol. The molecule has 0 N–H and O–H groups in total. The van der Waals surface area contributed by atoms with E-state index < -0.39 is 5.97 Å². The summed E-state index contributed by atoms with van der Waals surface area (Å²) in [7, 11) is 0. The minimum atomic E-state index is -0.742. The van der Waals surface area contributed by atoms with Crippen molar-refractivity contribution in [3.05, 3.63) is 0 Å².